The van der Waals surface area contributed by atoms with Crippen molar-refractivity contribution in [3.05, 3.63) is 24.4 Å². The van der Waals surface area contributed by atoms with E-state index in [1.807, 2.05) is 28.9 Å². The minimum absolute atomic E-state index is 0. The lowest BCUT2D eigenvalue weighted by molar-refractivity contribution is 0.312. The smallest absolute Gasteiger partial charge is 0.175 e. The van der Waals surface area contributed by atoms with Crippen molar-refractivity contribution >= 4 is 29.4 Å². The van der Waals surface area contributed by atoms with Crippen LogP contribution in [0.15, 0.2) is 24.4 Å². The molecule has 2 aromatic rings. The van der Waals surface area contributed by atoms with Crippen LogP contribution in [0.5, 0.6) is 0 Å². The van der Waals surface area contributed by atoms with Crippen LogP contribution < -0.4 is 10.6 Å². The Hall–Kier alpha value is -1.46. The fraction of sp³-hybridized carbons (Fsp3) is 0.417. The van der Waals surface area contributed by atoms with E-state index in [-0.39, 0.29) is 12.4 Å². The number of nitrogens with two attached hydrogens (primary N) is 1. The van der Waals surface area contributed by atoms with Crippen LogP contribution in [-0.4, -0.2) is 47.7 Å². The molecule has 0 aliphatic carbocycles. The van der Waals surface area contributed by atoms with Gasteiger partial charge in [-0.2, -0.15) is 0 Å². The zero-order valence-corrected chi connectivity index (χ0v) is 11.2. The number of fused-ring (bicyclic) bond motifs is 1. The second-order valence-electron chi connectivity index (χ2n) is 4.56. The van der Waals surface area contributed by atoms with Gasteiger partial charge in [-0.15, -0.1) is 17.5 Å². The molecule has 2 aromatic heterocycles. The van der Waals surface area contributed by atoms with Gasteiger partial charge in [-0.3, -0.25) is 0 Å². The maximum absolute atomic E-state index is 6.17. The number of halogens is 1. The fourth-order valence-corrected chi connectivity index (χ4v) is 2.26. The quantitative estimate of drug-likeness (QED) is 0.840. The molecule has 0 unspecified atom stereocenters. The summed E-state index contributed by atoms with van der Waals surface area (Å²) in [6.45, 7) is 4.11. The summed E-state index contributed by atoms with van der Waals surface area (Å²) < 4.78 is 1.85. The van der Waals surface area contributed by atoms with E-state index in [4.69, 9.17) is 5.73 Å². The second kappa shape index (κ2) is 5.04. The number of hydrogen-bond donors (Lipinski definition) is 1. The zero-order chi connectivity index (χ0) is 11.8. The van der Waals surface area contributed by atoms with Gasteiger partial charge in [-0.25, -0.2) is 4.52 Å². The first-order chi connectivity index (χ1) is 8.25. The summed E-state index contributed by atoms with van der Waals surface area (Å²) in [6, 6.07) is 5.95. The lowest BCUT2D eigenvalue weighted by atomic mass is 10.3. The molecule has 1 fully saturated rings. The Balaban J connectivity index is 0.00000120. The van der Waals surface area contributed by atoms with E-state index < -0.39 is 0 Å². The third-order valence-corrected chi connectivity index (χ3v) is 3.36. The van der Waals surface area contributed by atoms with E-state index in [1.54, 1.807) is 0 Å². The number of hydrogen-bond acceptors (Lipinski definition) is 4. The molecule has 0 bridgehead atoms. The minimum Gasteiger partial charge on any atom is -0.394 e. The Labute approximate surface area is 113 Å². The van der Waals surface area contributed by atoms with E-state index in [1.165, 1.54) is 0 Å². The maximum Gasteiger partial charge on any atom is 0.175 e. The number of nitrogens with zero attached hydrogens (tertiary/aromatic N) is 4. The van der Waals surface area contributed by atoms with Gasteiger partial charge in [0.25, 0.3) is 0 Å². The van der Waals surface area contributed by atoms with Gasteiger partial charge in [-0.1, -0.05) is 6.07 Å². The van der Waals surface area contributed by atoms with Gasteiger partial charge in [0.05, 0.1) is 5.52 Å². The summed E-state index contributed by atoms with van der Waals surface area (Å²) in [5.74, 6) is 0.921. The molecule has 1 aliphatic rings. The molecule has 0 spiro atoms. The Morgan fingerprint density at radius 2 is 1.89 bits per heavy atom. The Morgan fingerprint density at radius 3 is 2.56 bits per heavy atom. The Morgan fingerprint density at radius 1 is 1.17 bits per heavy atom. The van der Waals surface area contributed by atoms with E-state index in [9.17, 15) is 0 Å². The second-order valence-corrected chi connectivity index (χ2v) is 4.56. The predicted octanol–water partition coefficient (Wildman–Crippen LogP) is 1.09. The van der Waals surface area contributed by atoms with Crippen molar-refractivity contribution in [3.8, 4) is 0 Å². The summed E-state index contributed by atoms with van der Waals surface area (Å²) in [7, 11) is 2.14. The highest BCUT2D eigenvalue weighted by molar-refractivity contribution is 5.85. The van der Waals surface area contributed by atoms with Crippen LogP contribution in [0.3, 0.4) is 0 Å². The van der Waals surface area contributed by atoms with Crippen LogP contribution in [0.4, 0.5) is 11.5 Å². The molecule has 5 nitrogen and oxygen atoms in total. The number of anilines is 2. The molecule has 0 saturated carbocycles. The maximum atomic E-state index is 6.17. The Bertz CT molecular complexity index is 530. The molecule has 2 N–H and O–H groups in total. The highest BCUT2D eigenvalue weighted by Gasteiger charge is 2.20. The van der Waals surface area contributed by atoms with Crippen LogP contribution in [0.1, 0.15) is 0 Å². The predicted molar refractivity (Wildman–Crippen MR) is 76.6 cm³/mol. The van der Waals surface area contributed by atoms with Gasteiger partial charge in [0.15, 0.2) is 5.82 Å². The lowest BCUT2D eigenvalue weighted by Gasteiger charge is -2.32. The van der Waals surface area contributed by atoms with Gasteiger partial charge < -0.3 is 15.5 Å². The molecule has 1 saturated heterocycles. The number of likely N-dealkylation sites (N-methyl/N-ethyl adjacent to an activating group) is 1. The highest BCUT2D eigenvalue weighted by atomic mass is 35.5. The molecule has 18 heavy (non-hydrogen) atoms. The van der Waals surface area contributed by atoms with Gasteiger partial charge in [0, 0.05) is 32.4 Å². The molecule has 0 aromatic carbocycles. The number of rotatable bonds is 1. The van der Waals surface area contributed by atoms with Gasteiger partial charge in [0.1, 0.15) is 5.69 Å². The van der Waals surface area contributed by atoms with Crippen molar-refractivity contribution in [1.29, 1.82) is 0 Å². The number of aromatic nitrogens is 2. The third-order valence-electron chi connectivity index (χ3n) is 3.36. The van der Waals surface area contributed by atoms with Crippen molar-refractivity contribution in [2.45, 2.75) is 0 Å². The molecule has 0 amide bonds. The highest BCUT2D eigenvalue weighted by Crippen LogP contribution is 2.26. The van der Waals surface area contributed by atoms with Crippen LogP contribution in [0.25, 0.3) is 5.52 Å². The lowest BCUT2D eigenvalue weighted by Crippen LogP contribution is -2.44. The van der Waals surface area contributed by atoms with E-state index in [0.717, 1.165) is 43.2 Å². The van der Waals surface area contributed by atoms with Crippen molar-refractivity contribution in [1.82, 2.24) is 14.5 Å². The molecule has 0 atom stereocenters. The molecule has 1 aliphatic heterocycles. The first kappa shape index (κ1) is 13.0. The SMILES string of the molecule is CN1CCN(c2nn3ccccc3c2N)CC1.Cl. The number of nitrogen functional groups attached to an aromatic ring is 1. The monoisotopic (exact) mass is 267 g/mol. The number of piperazine rings is 1. The summed E-state index contributed by atoms with van der Waals surface area (Å²) >= 11 is 0. The summed E-state index contributed by atoms with van der Waals surface area (Å²) in [6.07, 6.45) is 1.94. The van der Waals surface area contributed by atoms with Crippen molar-refractivity contribution in [3.63, 3.8) is 0 Å². The van der Waals surface area contributed by atoms with E-state index in [2.05, 4.69) is 21.9 Å². The average Bonchev–Trinajstić information content (AvgIpc) is 2.69. The third kappa shape index (κ3) is 2.11. The largest absolute Gasteiger partial charge is 0.394 e. The van der Waals surface area contributed by atoms with E-state index >= 15 is 0 Å². The molecular formula is C12H18ClN5. The molecule has 3 rings (SSSR count). The standard InChI is InChI=1S/C12H17N5.ClH/c1-15-6-8-16(9-7-15)12-11(13)10-4-2-3-5-17(10)14-12;/h2-5H,6-9,13H2,1H3;1H. The van der Waals surface area contributed by atoms with Crippen LogP contribution in [0, 0.1) is 0 Å². The van der Waals surface area contributed by atoms with Crippen molar-refractivity contribution < 1.29 is 0 Å². The summed E-state index contributed by atoms with van der Waals surface area (Å²) in [5.41, 5.74) is 7.94. The van der Waals surface area contributed by atoms with E-state index in [0.29, 0.717) is 0 Å². The molecule has 98 valence electrons. The van der Waals surface area contributed by atoms with Gasteiger partial charge in [-0.05, 0) is 19.2 Å². The molecule has 6 heteroatoms. The van der Waals surface area contributed by atoms with Crippen LogP contribution >= 0.6 is 12.4 Å². The average molecular weight is 268 g/mol. The first-order valence-corrected chi connectivity index (χ1v) is 5.92. The molecular weight excluding hydrogens is 250 g/mol. The van der Waals surface area contributed by atoms with Gasteiger partial charge >= 0.3 is 0 Å². The number of pyridine rings is 1. The van der Waals surface area contributed by atoms with Crippen LogP contribution in [-0.2, 0) is 0 Å². The normalized spacial score (nSPS) is 16.8. The first-order valence-electron chi connectivity index (χ1n) is 5.92. The topological polar surface area (TPSA) is 49.8 Å². The Kier molecular flexibility index (Phi) is 3.63. The molecule has 0 radical (unpaired) electrons. The summed E-state index contributed by atoms with van der Waals surface area (Å²) in [4.78, 5) is 4.59. The molecule has 3 heterocycles. The van der Waals surface area contributed by atoms with Crippen LogP contribution in [0.2, 0.25) is 0 Å². The minimum atomic E-state index is 0. The van der Waals surface area contributed by atoms with Crippen molar-refractivity contribution in [2.75, 3.05) is 43.9 Å². The van der Waals surface area contributed by atoms with Crippen molar-refractivity contribution in [2.24, 2.45) is 0 Å². The summed E-state index contributed by atoms with van der Waals surface area (Å²) in [5, 5.41) is 4.56. The van der Waals surface area contributed by atoms with Gasteiger partial charge in [0.2, 0.25) is 0 Å². The fourth-order valence-electron chi connectivity index (χ4n) is 2.26. The zero-order valence-electron chi connectivity index (χ0n) is 10.4.